The minimum atomic E-state index is 0.0937. The van der Waals surface area contributed by atoms with Crippen LogP contribution in [0.1, 0.15) is 43.6 Å². The number of hydrogen-bond donors (Lipinski definition) is 1. The highest BCUT2D eigenvalue weighted by Crippen LogP contribution is 2.21. The van der Waals surface area contributed by atoms with E-state index in [1.54, 1.807) is 0 Å². The first-order valence-electron chi connectivity index (χ1n) is 6.77. The number of nitrogens with two attached hydrogens (primary N) is 1. The van der Waals surface area contributed by atoms with Gasteiger partial charge in [-0.2, -0.15) is 0 Å². The molecule has 2 N–H and O–H groups in total. The smallest absolute Gasteiger partial charge is 0.255 e. The van der Waals surface area contributed by atoms with Crippen LogP contribution in [0.4, 0.5) is 0 Å². The summed E-state index contributed by atoms with van der Waals surface area (Å²) in [5.41, 5.74) is 9.00. The first-order chi connectivity index (χ1) is 8.58. The zero-order valence-corrected chi connectivity index (χ0v) is 11.6. The van der Waals surface area contributed by atoms with E-state index in [0.29, 0.717) is 6.54 Å². The van der Waals surface area contributed by atoms with E-state index < -0.39 is 0 Å². The van der Waals surface area contributed by atoms with Crippen molar-refractivity contribution >= 4 is 0 Å². The van der Waals surface area contributed by atoms with Crippen molar-refractivity contribution in [3.63, 3.8) is 0 Å². The van der Waals surface area contributed by atoms with Gasteiger partial charge in [-0.3, -0.25) is 9.69 Å². The molecule has 1 aliphatic heterocycles. The highest BCUT2D eigenvalue weighted by Gasteiger charge is 2.21. The Labute approximate surface area is 108 Å². The second kappa shape index (κ2) is 5.24. The van der Waals surface area contributed by atoms with Gasteiger partial charge >= 0.3 is 0 Å². The SMILES string of the molecule is CCN1CCc2c(cc(CN)c(=O)n2C(C)C)C1. The van der Waals surface area contributed by atoms with Gasteiger partial charge in [0.25, 0.3) is 5.56 Å². The van der Waals surface area contributed by atoms with E-state index in [4.69, 9.17) is 5.73 Å². The molecule has 4 heteroatoms. The molecule has 100 valence electrons. The van der Waals surface area contributed by atoms with Crippen LogP contribution in [0.15, 0.2) is 10.9 Å². The van der Waals surface area contributed by atoms with Gasteiger partial charge < -0.3 is 10.3 Å². The van der Waals surface area contributed by atoms with Crippen molar-refractivity contribution in [3.8, 4) is 0 Å². The zero-order valence-electron chi connectivity index (χ0n) is 11.6. The van der Waals surface area contributed by atoms with Crippen LogP contribution in [0.3, 0.4) is 0 Å². The van der Waals surface area contributed by atoms with Crippen LogP contribution in [0.5, 0.6) is 0 Å². The lowest BCUT2D eigenvalue weighted by Gasteiger charge is -2.31. The van der Waals surface area contributed by atoms with Crippen LogP contribution in [0.25, 0.3) is 0 Å². The molecule has 18 heavy (non-hydrogen) atoms. The zero-order chi connectivity index (χ0) is 13.3. The predicted octanol–water partition coefficient (Wildman–Crippen LogP) is 1.27. The normalized spacial score (nSPS) is 16.1. The number of likely N-dealkylation sites (N-methyl/N-ethyl adjacent to an activating group) is 1. The summed E-state index contributed by atoms with van der Waals surface area (Å²) in [4.78, 5) is 14.7. The van der Waals surface area contributed by atoms with Crippen molar-refractivity contribution in [1.29, 1.82) is 0 Å². The van der Waals surface area contributed by atoms with Gasteiger partial charge in [-0.1, -0.05) is 6.92 Å². The molecule has 0 aliphatic carbocycles. The van der Waals surface area contributed by atoms with E-state index in [0.717, 1.165) is 31.6 Å². The van der Waals surface area contributed by atoms with Crippen LogP contribution in [0.2, 0.25) is 0 Å². The first kappa shape index (κ1) is 13.3. The second-order valence-corrected chi connectivity index (χ2v) is 5.23. The second-order valence-electron chi connectivity index (χ2n) is 5.23. The largest absolute Gasteiger partial charge is 0.326 e. The molecule has 0 saturated heterocycles. The number of nitrogens with zero attached hydrogens (tertiary/aromatic N) is 2. The van der Waals surface area contributed by atoms with Crippen LogP contribution in [-0.4, -0.2) is 22.6 Å². The quantitative estimate of drug-likeness (QED) is 0.877. The van der Waals surface area contributed by atoms with Crippen LogP contribution >= 0.6 is 0 Å². The van der Waals surface area contributed by atoms with E-state index in [-0.39, 0.29) is 11.6 Å². The van der Waals surface area contributed by atoms with Gasteiger partial charge in [-0.05, 0) is 32.0 Å². The topological polar surface area (TPSA) is 51.3 Å². The molecule has 0 atom stereocenters. The Kier molecular flexibility index (Phi) is 3.88. The fraction of sp³-hybridized carbons (Fsp3) is 0.643. The molecule has 4 nitrogen and oxygen atoms in total. The Hall–Kier alpha value is -1.13. The molecular weight excluding hydrogens is 226 g/mol. The Morgan fingerprint density at radius 1 is 1.44 bits per heavy atom. The van der Waals surface area contributed by atoms with Crippen LogP contribution in [0, 0.1) is 0 Å². The molecule has 1 aliphatic rings. The molecule has 0 saturated carbocycles. The highest BCUT2D eigenvalue weighted by molar-refractivity contribution is 5.29. The maximum atomic E-state index is 12.3. The number of aromatic nitrogens is 1. The maximum Gasteiger partial charge on any atom is 0.255 e. The van der Waals surface area contributed by atoms with Crippen molar-refractivity contribution in [3.05, 3.63) is 33.2 Å². The molecule has 0 amide bonds. The fourth-order valence-electron chi connectivity index (χ4n) is 2.75. The van der Waals surface area contributed by atoms with Gasteiger partial charge in [-0.25, -0.2) is 0 Å². The summed E-state index contributed by atoms with van der Waals surface area (Å²) < 4.78 is 1.94. The third-order valence-corrected chi connectivity index (χ3v) is 3.75. The third kappa shape index (κ3) is 2.22. The average Bonchev–Trinajstić information content (AvgIpc) is 2.36. The summed E-state index contributed by atoms with van der Waals surface area (Å²) in [5, 5.41) is 0. The lowest BCUT2D eigenvalue weighted by Crippen LogP contribution is -2.37. The molecule has 1 aromatic heterocycles. The molecule has 0 radical (unpaired) electrons. The molecule has 0 aromatic carbocycles. The number of hydrogen-bond acceptors (Lipinski definition) is 3. The van der Waals surface area contributed by atoms with Crippen LogP contribution < -0.4 is 11.3 Å². The lowest BCUT2D eigenvalue weighted by atomic mass is 10.0. The van der Waals surface area contributed by atoms with Crippen molar-refractivity contribution in [1.82, 2.24) is 9.47 Å². The summed E-state index contributed by atoms with van der Waals surface area (Å²) in [7, 11) is 0. The number of pyridine rings is 1. The standard InChI is InChI=1S/C14H23N3O/c1-4-16-6-5-13-12(9-16)7-11(8-15)14(18)17(13)10(2)3/h7,10H,4-6,8-9,15H2,1-3H3. The minimum Gasteiger partial charge on any atom is -0.326 e. The van der Waals surface area contributed by atoms with E-state index in [1.807, 2.05) is 10.6 Å². The molecule has 0 fully saturated rings. The van der Waals surface area contributed by atoms with Gasteiger partial charge in [0, 0.05) is 43.4 Å². The van der Waals surface area contributed by atoms with Gasteiger partial charge in [-0.15, -0.1) is 0 Å². The Balaban J connectivity index is 2.57. The Bertz CT molecular complexity index is 491. The average molecular weight is 249 g/mol. The fourth-order valence-corrected chi connectivity index (χ4v) is 2.75. The Morgan fingerprint density at radius 3 is 2.72 bits per heavy atom. The monoisotopic (exact) mass is 249 g/mol. The van der Waals surface area contributed by atoms with E-state index in [1.165, 1.54) is 11.3 Å². The molecule has 0 bridgehead atoms. The van der Waals surface area contributed by atoms with Crippen molar-refractivity contribution in [2.24, 2.45) is 5.73 Å². The highest BCUT2D eigenvalue weighted by atomic mass is 16.1. The summed E-state index contributed by atoms with van der Waals surface area (Å²) in [5.74, 6) is 0. The molecule has 0 spiro atoms. The summed E-state index contributed by atoms with van der Waals surface area (Å²) >= 11 is 0. The molecule has 2 rings (SSSR count). The summed E-state index contributed by atoms with van der Waals surface area (Å²) in [6.45, 7) is 9.66. The summed E-state index contributed by atoms with van der Waals surface area (Å²) in [6.07, 6.45) is 0.960. The van der Waals surface area contributed by atoms with Gasteiger partial charge in [0.05, 0.1) is 0 Å². The number of rotatable bonds is 3. The van der Waals surface area contributed by atoms with E-state index in [9.17, 15) is 4.79 Å². The Morgan fingerprint density at radius 2 is 2.17 bits per heavy atom. The first-order valence-corrected chi connectivity index (χ1v) is 6.77. The summed E-state index contributed by atoms with van der Waals surface area (Å²) in [6, 6.07) is 2.21. The third-order valence-electron chi connectivity index (χ3n) is 3.75. The molecule has 1 aromatic rings. The van der Waals surface area contributed by atoms with Crippen molar-refractivity contribution in [2.75, 3.05) is 13.1 Å². The molecule has 2 heterocycles. The number of fused-ring (bicyclic) bond motifs is 1. The van der Waals surface area contributed by atoms with Gasteiger partial charge in [0.1, 0.15) is 0 Å². The predicted molar refractivity (Wildman–Crippen MR) is 73.6 cm³/mol. The van der Waals surface area contributed by atoms with Gasteiger partial charge in [0.15, 0.2) is 0 Å². The van der Waals surface area contributed by atoms with E-state index >= 15 is 0 Å². The van der Waals surface area contributed by atoms with Crippen molar-refractivity contribution < 1.29 is 0 Å². The molecular formula is C14H23N3O. The van der Waals surface area contributed by atoms with E-state index in [2.05, 4.69) is 25.7 Å². The minimum absolute atomic E-state index is 0.0937. The van der Waals surface area contributed by atoms with Gasteiger partial charge in [0.2, 0.25) is 0 Å². The lowest BCUT2D eigenvalue weighted by molar-refractivity contribution is 0.260. The van der Waals surface area contributed by atoms with Crippen molar-refractivity contribution in [2.45, 2.75) is 46.3 Å². The maximum absolute atomic E-state index is 12.3. The molecule has 0 unspecified atom stereocenters. The van der Waals surface area contributed by atoms with Crippen LogP contribution in [-0.2, 0) is 19.5 Å².